The average Bonchev–Trinajstić information content (AvgIpc) is 3.10. The highest BCUT2D eigenvalue weighted by atomic mass is 79.9. The summed E-state index contributed by atoms with van der Waals surface area (Å²) >= 11 is 3.45. The Morgan fingerprint density at radius 3 is 2.67 bits per heavy atom. The molecule has 0 bridgehead atoms. The first-order valence-electron chi connectivity index (χ1n) is 8.55. The number of benzene rings is 2. The van der Waals surface area contributed by atoms with Crippen molar-refractivity contribution in [1.82, 2.24) is 5.32 Å². The van der Waals surface area contributed by atoms with Crippen LogP contribution >= 0.6 is 15.9 Å². The van der Waals surface area contributed by atoms with E-state index in [0.29, 0.717) is 21.5 Å². The van der Waals surface area contributed by atoms with Gasteiger partial charge in [0.1, 0.15) is 5.75 Å². The largest absolute Gasteiger partial charge is 0.496 e. The van der Waals surface area contributed by atoms with Crippen molar-refractivity contribution in [3.63, 3.8) is 0 Å². The number of halogens is 1. The molecule has 4 atom stereocenters. The van der Waals surface area contributed by atoms with Crippen molar-refractivity contribution >= 4 is 27.5 Å². The van der Waals surface area contributed by atoms with Gasteiger partial charge in [-0.05, 0) is 46.6 Å². The fourth-order valence-corrected chi connectivity index (χ4v) is 5.00. The lowest BCUT2D eigenvalue weighted by Crippen LogP contribution is -2.54. The second-order valence-electron chi connectivity index (χ2n) is 6.89. The van der Waals surface area contributed by atoms with Gasteiger partial charge in [0.15, 0.2) is 5.54 Å². The molecule has 2 aromatic carbocycles. The molecule has 2 aliphatic heterocycles. The van der Waals surface area contributed by atoms with E-state index in [9.17, 15) is 14.9 Å². The van der Waals surface area contributed by atoms with Gasteiger partial charge in [0.2, 0.25) is 0 Å². The number of hydrogen-bond acceptors (Lipinski definition) is 5. The molecule has 0 aliphatic carbocycles. The highest BCUT2D eigenvalue weighted by Gasteiger charge is 2.67. The van der Waals surface area contributed by atoms with Crippen molar-refractivity contribution in [2.45, 2.75) is 30.5 Å². The molecule has 140 valence electrons. The first-order valence-corrected chi connectivity index (χ1v) is 9.35. The van der Waals surface area contributed by atoms with Crippen molar-refractivity contribution in [3.8, 4) is 5.75 Å². The van der Waals surface area contributed by atoms with Crippen LogP contribution in [0.1, 0.15) is 24.0 Å². The normalized spacial score (nSPS) is 28.9. The molecule has 2 aliphatic rings. The molecule has 7 nitrogen and oxygen atoms in total. The molecule has 4 rings (SSSR count). The molecule has 8 heteroatoms. The van der Waals surface area contributed by atoms with Gasteiger partial charge in [0, 0.05) is 22.2 Å². The average molecular weight is 432 g/mol. The number of hydrogen-bond donors (Lipinski definition) is 2. The van der Waals surface area contributed by atoms with Gasteiger partial charge in [-0.3, -0.25) is 20.2 Å². The van der Waals surface area contributed by atoms with E-state index in [1.807, 2.05) is 19.1 Å². The Balaban J connectivity index is 1.87. The molecular formula is C19H18BrN3O4. The first kappa shape index (κ1) is 17.9. The molecule has 1 fully saturated rings. The molecule has 1 spiro atoms. The Kier molecular flexibility index (Phi) is 4.20. The third-order valence-corrected chi connectivity index (χ3v) is 6.14. The number of carbonyl (C=O) groups excluding carboxylic acids is 1. The van der Waals surface area contributed by atoms with Crippen LogP contribution < -0.4 is 15.4 Å². The van der Waals surface area contributed by atoms with Crippen molar-refractivity contribution in [2.75, 3.05) is 12.4 Å². The summed E-state index contributed by atoms with van der Waals surface area (Å²) in [6.45, 7) is 1.88. The smallest absolute Gasteiger partial charge is 0.256 e. The predicted molar refractivity (Wildman–Crippen MR) is 104 cm³/mol. The number of amides is 1. The number of carbonyl (C=O) groups is 1. The number of nitrogens with zero attached hydrogens (tertiary/aromatic N) is 1. The molecule has 2 aromatic rings. The molecule has 1 amide bonds. The number of fused-ring (bicyclic) bond motifs is 2. The van der Waals surface area contributed by atoms with Crippen LogP contribution in [-0.2, 0) is 10.3 Å². The maximum absolute atomic E-state index is 13.0. The summed E-state index contributed by atoms with van der Waals surface area (Å²) in [5, 5.41) is 18.3. The summed E-state index contributed by atoms with van der Waals surface area (Å²) in [5.74, 6) is -0.222. The summed E-state index contributed by atoms with van der Waals surface area (Å²) in [4.78, 5) is 24.8. The maximum Gasteiger partial charge on any atom is 0.256 e. The Morgan fingerprint density at radius 2 is 2.00 bits per heavy atom. The second kappa shape index (κ2) is 6.31. The van der Waals surface area contributed by atoms with E-state index in [1.165, 1.54) is 0 Å². The number of ether oxygens (including phenoxy) is 1. The minimum Gasteiger partial charge on any atom is -0.496 e. The quantitative estimate of drug-likeness (QED) is 0.575. The summed E-state index contributed by atoms with van der Waals surface area (Å²) in [5.41, 5.74) is 0.624. The second-order valence-corrected chi connectivity index (χ2v) is 7.75. The zero-order chi connectivity index (χ0) is 19.3. The fourth-order valence-electron chi connectivity index (χ4n) is 4.44. The Morgan fingerprint density at radius 1 is 1.26 bits per heavy atom. The Labute approximate surface area is 164 Å². The van der Waals surface area contributed by atoms with Crippen molar-refractivity contribution < 1.29 is 14.5 Å². The van der Waals surface area contributed by atoms with Gasteiger partial charge in [0.05, 0.1) is 17.5 Å². The molecule has 1 saturated heterocycles. The zero-order valence-corrected chi connectivity index (χ0v) is 16.3. The van der Waals surface area contributed by atoms with E-state index < -0.39 is 17.5 Å². The number of nitro groups is 1. The minimum atomic E-state index is -1.39. The molecule has 2 heterocycles. The van der Waals surface area contributed by atoms with E-state index in [4.69, 9.17) is 4.74 Å². The number of rotatable bonds is 3. The Hall–Kier alpha value is -2.45. The molecule has 0 saturated carbocycles. The van der Waals surface area contributed by atoms with Gasteiger partial charge in [-0.15, -0.1) is 0 Å². The van der Waals surface area contributed by atoms with Crippen LogP contribution in [0.15, 0.2) is 46.9 Å². The van der Waals surface area contributed by atoms with E-state index in [2.05, 4.69) is 26.6 Å². The van der Waals surface area contributed by atoms with Gasteiger partial charge >= 0.3 is 0 Å². The van der Waals surface area contributed by atoms with Gasteiger partial charge < -0.3 is 10.1 Å². The van der Waals surface area contributed by atoms with Gasteiger partial charge in [-0.2, -0.15) is 0 Å². The van der Waals surface area contributed by atoms with Crippen molar-refractivity contribution in [2.24, 2.45) is 0 Å². The van der Waals surface area contributed by atoms with E-state index in [0.717, 1.165) is 5.56 Å². The predicted octanol–water partition coefficient (Wildman–Crippen LogP) is 3.03. The van der Waals surface area contributed by atoms with Crippen LogP contribution in [0.4, 0.5) is 5.69 Å². The van der Waals surface area contributed by atoms with E-state index in [-0.39, 0.29) is 16.9 Å². The number of anilines is 1. The topological polar surface area (TPSA) is 93.5 Å². The van der Waals surface area contributed by atoms with E-state index >= 15 is 0 Å². The SMILES string of the molecule is COc1ccc([C@@H]2[C@H](C)N[C@@]3(C(=O)Nc4ccccc43)[C@@H]2[N+](=O)[O-])cc1Br. The van der Waals surface area contributed by atoms with Gasteiger partial charge in [-0.1, -0.05) is 24.3 Å². The standard InChI is InChI=1S/C19H18BrN3O4/c1-10-16(11-7-8-15(27-2)13(20)9-11)17(23(25)26)19(22-10)12-5-3-4-6-14(12)21-18(19)24/h3-10,16-17,22H,1-2H3,(H,21,24)/t10-,16-,17+,19+/m0/s1. The number of nitrogens with one attached hydrogen (secondary N) is 2. The molecule has 0 unspecified atom stereocenters. The zero-order valence-electron chi connectivity index (χ0n) is 14.7. The molecular weight excluding hydrogens is 414 g/mol. The van der Waals surface area contributed by atoms with Gasteiger partial charge in [-0.25, -0.2) is 0 Å². The summed E-state index contributed by atoms with van der Waals surface area (Å²) in [6, 6.07) is 11.1. The highest BCUT2D eigenvalue weighted by molar-refractivity contribution is 9.10. The van der Waals surface area contributed by atoms with Crippen LogP contribution in [-0.4, -0.2) is 30.0 Å². The monoisotopic (exact) mass is 431 g/mol. The lowest BCUT2D eigenvalue weighted by Gasteiger charge is -2.25. The summed E-state index contributed by atoms with van der Waals surface area (Å²) in [7, 11) is 1.56. The fraction of sp³-hybridized carbons (Fsp3) is 0.316. The molecule has 27 heavy (non-hydrogen) atoms. The molecule has 0 radical (unpaired) electrons. The molecule has 0 aromatic heterocycles. The van der Waals surface area contributed by atoms with Crippen LogP contribution in [0.25, 0.3) is 0 Å². The summed E-state index contributed by atoms with van der Waals surface area (Å²) in [6.07, 6.45) is 0. The number of para-hydroxylation sites is 1. The third kappa shape index (κ3) is 2.47. The van der Waals surface area contributed by atoms with Crippen molar-refractivity contribution in [3.05, 3.63) is 68.2 Å². The maximum atomic E-state index is 13.0. The number of methoxy groups -OCH3 is 1. The Bertz CT molecular complexity index is 950. The lowest BCUT2D eigenvalue weighted by atomic mass is 9.78. The van der Waals surface area contributed by atoms with Crippen LogP contribution in [0.5, 0.6) is 5.75 Å². The van der Waals surface area contributed by atoms with Crippen LogP contribution in [0, 0.1) is 10.1 Å². The van der Waals surface area contributed by atoms with Crippen LogP contribution in [0.2, 0.25) is 0 Å². The van der Waals surface area contributed by atoms with Crippen molar-refractivity contribution in [1.29, 1.82) is 0 Å². The highest BCUT2D eigenvalue weighted by Crippen LogP contribution is 2.50. The van der Waals surface area contributed by atoms with E-state index in [1.54, 1.807) is 37.4 Å². The summed E-state index contributed by atoms with van der Waals surface area (Å²) < 4.78 is 5.98. The lowest BCUT2D eigenvalue weighted by molar-refractivity contribution is -0.532. The van der Waals surface area contributed by atoms with Crippen LogP contribution in [0.3, 0.4) is 0 Å². The molecule has 2 N–H and O–H groups in total. The van der Waals surface area contributed by atoms with Gasteiger partial charge in [0.25, 0.3) is 11.9 Å². The third-order valence-electron chi connectivity index (χ3n) is 5.52. The first-order chi connectivity index (χ1) is 12.9. The minimum absolute atomic E-state index is 0.280.